The second-order valence-electron chi connectivity index (χ2n) is 7.78. The van der Waals surface area contributed by atoms with E-state index in [1.165, 1.54) is 0 Å². The molecule has 7 heteroatoms. The average molecular weight is 471 g/mol. The first-order chi connectivity index (χ1) is 16.6. The van der Waals surface area contributed by atoms with Crippen LogP contribution in [0.4, 0.5) is 11.4 Å². The minimum atomic E-state index is -0.969. The van der Waals surface area contributed by atoms with Crippen molar-refractivity contribution in [2.24, 2.45) is 0 Å². The third-order valence-corrected chi connectivity index (χ3v) is 7.13. The molecule has 6 nitrogen and oxygen atoms in total. The van der Waals surface area contributed by atoms with Crippen molar-refractivity contribution >= 4 is 39.2 Å². The van der Waals surface area contributed by atoms with E-state index in [0.717, 1.165) is 46.4 Å². The third kappa shape index (κ3) is 4.89. The molecular formula is C27H26N4O2S. The molecule has 0 radical (unpaired) electrons. The molecule has 1 unspecified atom stereocenters. The summed E-state index contributed by atoms with van der Waals surface area (Å²) in [6.45, 7) is 8.81. The van der Waals surface area contributed by atoms with Gasteiger partial charge in [0.05, 0.1) is 11.2 Å². The maximum Gasteiger partial charge on any atom is 0.255 e. The molecule has 3 heterocycles. The summed E-state index contributed by atoms with van der Waals surface area (Å²) < 4.78 is 13.9. The molecule has 1 aliphatic rings. The predicted molar refractivity (Wildman–Crippen MR) is 140 cm³/mol. The largest absolute Gasteiger partial charge is 0.322 e. The Morgan fingerprint density at radius 1 is 1.06 bits per heavy atom. The Balaban J connectivity index is 0.00000133. The van der Waals surface area contributed by atoms with E-state index in [1.54, 1.807) is 24.5 Å². The highest BCUT2D eigenvalue weighted by Gasteiger charge is 2.20. The fourth-order valence-electron chi connectivity index (χ4n) is 3.86. The smallest absolute Gasteiger partial charge is 0.255 e. The summed E-state index contributed by atoms with van der Waals surface area (Å²) in [5.41, 5.74) is 5.91. The van der Waals surface area contributed by atoms with E-state index in [-0.39, 0.29) is 5.91 Å². The molecular weight excluding hydrogens is 444 g/mol. The molecule has 1 saturated heterocycles. The van der Waals surface area contributed by atoms with Crippen molar-refractivity contribution in [1.29, 1.82) is 0 Å². The first-order valence-corrected chi connectivity index (χ1v) is 12.3. The fraction of sp³-hybridized carbons (Fsp3) is 0.148. The Bertz CT molecular complexity index is 1350. The standard InChI is InChI=1S/C25H22N4O2S.C2H4/c1-17-3-7-20(15-22(17)24-10-6-19-16-26-12-11-23(19)28-24)27-25(30)18-4-8-21(9-5-18)29-13-2-14-32(29)31;1-2/h3-12,15-16H,2,13-14H2,1H3,(H,27,30);1-2H2. The summed E-state index contributed by atoms with van der Waals surface area (Å²) in [5, 5.41) is 3.97. The number of amides is 1. The van der Waals surface area contributed by atoms with Gasteiger partial charge in [0.25, 0.3) is 5.91 Å². The Morgan fingerprint density at radius 3 is 2.59 bits per heavy atom. The van der Waals surface area contributed by atoms with Crippen LogP contribution in [0.5, 0.6) is 0 Å². The lowest BCUT2D eigenvalue weighted by molar-refractivity contribution is 0.102. The number of aromatic nitrogens is 2. The zero-order chi connectivity index (χ0) is 24.1. The number of hydrogen-bond donors (Lipinski definition) is 1. The van der Waals surface area contributed by atoms with Crippen LogP contribution >= 0.6 is 0 Å². The summed E-state index contributed by atoms with van der Waals surface area (Å²) in [6, 6.07) is 18.9. The van der Waals surface area contributed by atoms with E-state index < -0.39 is 11.0 Å². The van der Waals surface area contributed by atoms with Crippen molar-refractivity contribution < 1.29 is 9.00 Å². The highest BCUT2D eigenvalue weighted by molar-refractivity contribution is 7.86. The summed E-state index contributed by atoms with van der Waals surface area (Å²) in [4.78, 5) is 21.7. The molecule has 34 heavy (non-hydrogen) atoms. The van der Waals surface area contributed by atoms with Gasteiger partial charge in [-0.3, -0.25) is 14.1 Å². The number of pyridine rings is 2. The Labute approximate surface area is 202 Å². The number of carbonyl (C=O) groups is 1. The van der Waals surface area contributed by atoms with E-state index in [9.17, 15) is 9.00 Å². The molecule has 4 aromatic rings. The topological polar surface area (TPSA) is 75.2 Å². The third-order valence-electron chi connectivity index (χ3n) is 5.60. The van der Waals surface area contributed by atoms with Gasteiger partial charge >= 0.3 is 0 Å². The van der Waals surface area contributed by atoms with Crippen molar-refractivity contribution in [3.05, 3.63) is 97.3 Å². The summed E-state index contributed by atoms with van der Waals surface area (Å²) >= 11 is 0. The summed E-state index contributed by atoms with van der Waals surface area (Å²) in [6.07, 6.45) is 4.45. The van der Waals surface area contributed by atoms with Gasteiger partial charge in [-0.15, -0.1) is 13.2 Å². The first-order valence-electron chi connectivity index (χ1n) is 11.0. The predicted octanol–water partition coefficient (Wildman–Crippen LogP) is 5.53. The van der Waals surface area contributed by atoms with Crippen LogP contribution in [0.3, 0.4) is 0 Å². The van der Waals surface area contributed by atoms with Crippen molar-refractivity contribution in [1.82, 2.24) is 9.97 Å². The van der Waals surface area contributed by atoms with Gasteiger partial charge in [-0.1, -0.05) is 6.07 Å². The van der Waals surface area contributed by atoms with Crippen LogP contribution in [0.15, 0.2) is 86.2 Å². The molecule has 0 aliphatic carbocycles. The lowest BCUT2D eigenvalue weighted by Gasteiger charge is -2.16. The molecule has 0 spiro atoms. The van der Waals surface area contributed by atoms with E-state index in [1.807, 2.05) is 59.8 Å². The molecule has 1 atom stereocenters. The van der Waals surface area contributed by atoms with Crippen LogP contribution in [-0.4, -0.2) is 32.4 Å². The molecule has 2 aromatic heterocycles. The minimum absolute atomic E-state index is 0.188. The Kier molecular flexibility index (Phi) is 7.13. The van der Waals surface area contributed by atoms with E-state index >= 15 is 0 Å². The number of nitrogens with one attached hydrogen (secondary N) is 1. The number of benzene rings is 2. The number of hydrogen-bond acceptors (Lipinski definition) is 4. The molecule has 0 bridgehead atoms. The summed E-state index contributed by atoms with van der Waals surface area (Å²) in [5.74, 6) is 0.507. The number of rotatable bonds is 4. The lowest BCUT2D eigenvalue weighted by Crippen LogP contribution is -2.19. The quantitative estimate of drug-likeness (QED) is 0.398. The highest BCUT2D eigenvalue weighted by atomic mass is 32.2. The fourth-order valence-corrected chi connectivity index (χ4v) is 5.15. The van der Waals surface area contributed by atoms with Gasteiger partial charge in [-0.2, -0.15) is 0 Å². The molecule has 1 N–H and O–H groups in total. The van der Waals surface area contributed by atoms with Crippen molar-refractivity contribution in [3.63, 3.8) is 0 Å². The molecule has 0 saturated carbocycles. The lowest BCUT2D eigenvalue weighted by atomic mass is 10.0. The number of fused-ring (bicyclic) bond motifs is 1. The van der Waals surface area contributed by atoms with Crippen molar-refractivity contribution in [3.8, 4) is 11.3 Å². The van der Waals surface area contributed by atoms with E-state index in [2.05, 4.69) is 23.5 Å². The number of aryl methyl sites for hydroxylation is 1. The van der Waals surface area contributed by atoms with Crippen LogP contribution in [0.1, 0.15) is 22.3 Å². The summed E-state index contributed by atoms with van der Waals surface area (Å²) in [7, 11) is -0.969. The monoisotopic (exact) mass is 470 g/mol. The molecule has 1 aliphatic heterocycles. The van der Waals surface area contributed by atoms with Gasteiger partial charge in [0.1, 0.15) is 11.0 Å². The Morgan fingerprint density at radius 2 is 1.85 bits per heavy atom. The highest BCUT2D eigenvalue weighted by Crippen LogP contribution is 2.27. The number of nitrogens with zero attached hydrogens (tertiary/aromatic N) is 3. The van der Waals surface area contributed by atoms with Crippen molar-refractivity contribution in [2.45, 2.75) is 13.3 Å². The minimum Gasteiger partial charge on any atom is -0.322 e. The SMILES string of the molecule is C=C.Cc1ccc(NC(=O)c2ccc(N3CCCS3=O)cc2)cc1-c1ccc2cnccc2n1. The number of anilines is 2. The molecule has 172 valence electrons. The van der Waals surface area contributed by atoms with E-state index in [4.69, 9.17) is 4.98 Å². The zero-order valence-corrected chi connectivity index (χ0v) is 19.8. The maximum atomic E-state index is 12.8. The number of carbonyl (C=O) groups excluding carboxylic acids is 1. The maximum absolute atomic E-state index is 12.8. The van der Waals surface area contributed by atoms with Crippen LogP contribution in [0, 0.1) is 6.92 Å². The van der Waals surface area contributed by atoms with Crippen LogP contribution in [0.25, 0.3) is 22.2 Å². The van der Waals surface area contributed by atoms with Gasteiger partial charge in [-0.25, -0.2) is 9.19 Å². The van der Waals surface area contributed by atoms with Gasteiger partial charge in [-0.05, 0) is 73.5 Å². The second kappa shape index (κ2) is 10.4. The van der Waals surface area contributed by atoms with E-state index in [0.29, 0.717) is 17.0 Å². The molecule has 1 amide bonds. The van der Waals surface area contributed by atoms with Gasteiger partial charge in [0, 0.05) is 52.6 Å². The van der Waals surface area contributed by atoms with Gasteiger partial charge in [0.15, 0.2) is 0 Å². The van der Waals surface area contributed by atoms with Crippen LogP contribution in [0.2, 0.25) is 0 Å². The van der Waals surface area contributed by atoms with Crippen LogP contribution < -0.4 is 9.62 Å². The molecule has 5 rings (SSSR count). The zero-order valence-electron chi connectivity index (χ0n) is 19.0. The van der Waals surface area contributed by atoms with Gasteiger partial charge in [0.2, 0.25) is 0 Å². The normalized spacial score (nSPS) is 15.0. The Hall–Kier alpha value is -3.84. The first kappa shape index (κ1) is 23.3. The molecule has 2 aromatic carbocycles. The second-order valence-corrected chi connectivity index (χ2v) is 9.27. The molecule has 1 fully saturated rings. The average Bonchev–Trinajstić information content (AvgIpc) is 3.32. The van der Waals surface area contributed by atoms with Crippen LogP contribution in [-0.2, 0) is 11.0 Å². The van der Waals surface area contributed by atoms with Crippen molar-refractivity contribution in [2.75, 3.05) is 21.9 Å². The van der Waals surface area contributed by atoms with Gasteiger partial charge < -0.3 is 5.32 Å².